The van der Waals surface area contributed by atoms with Crippen LogP contribution < -0.4 is 4.90 Å². The minimum atomic E-state index is -0.209. The van der Waals surface area contributed by atoms with Crippen molar-refractivity contribution in [1.29, 1.82) is 0 Å². The van der Waals surface area contributed by atoms with Crippen LogP contribution in [0.5, 0.6) is 0 Å². The van der Waals surface area contributed by atoms with Crippen molar-refractivity contribution in [2.45, 2.75) is 76.2 Å². The number of para-hydroxylation sites is 3. The monoisotopic (exact) mass is 983 g/mol. The van der Waals surface area contributed by atoms with E-state index in [0.717, 1.165) is 122 Å². The van der Waals surface area contributed by atoms with E-state index in [0.29, 0.717) is 5.82 Å². The summed E-state index contributed by atoms with van der Waals surface area (Å²) in [5, 5.41) is 4.50. The van der Waals surface area contributed by atoms with Crippen LogP contribution in [0, 0.1) is 12.1 Å². The Hall–Kier alpha value is -8.99. The zero-order valence-corrected chi connectivity index (χ0v) is 42.5. The van der Waals surface area contributed by atoms with Gasteiger partial charge in [-0.05, 0) is 146 Å². The van der Waals surface area contributed by atoms with Crippen LogP contribution in [-0.2, 0) is 6.42 Å². The molecule has 10 aromatic rings. The highest BCUT2D eigenvalue weighted by atomic mass is 16.3. The second kappa shape index (κ2) is 17.9. The molecule has 7 heteroatoms. The Bertz CT molecular complexity index is 4230. The van der Waals surface area contributed by atoms with Gasteiger partial charge in [-0.3, -0.25) is 0 Å². The van der Waals surface area contributed by atoms with E-state index in [-0.39, 0.29) is 23.8 Å². The van der Waals surface area contributed by atoms with Crippen molar-refractivity contribution in [2.24, 2.45) is 0 Å². The number of allylic oxidation sites excluding steroid dienone is 11. The first kappa shape index (κ1) is 44.5. The minimum absolute atomic E-state index is 0.0454. The molecular formula is C69H53N5O2. The minimum Gasteiger partial charge on any atom is -0.460 e. The summed E-state index contributed by atoms with van der Waals surface area (Å²) in [6.45, 7) is 4.14. The van der Waals surface area contributed by atoms with Crippen molar-refractivity contribution in [1.82, 2.24) is 19.5 Å². The smallest absolute Gasteiger partial charge is 0.159 e. The molecule has 0 saturated heterocycles. The molecular weight excluding hydrogens is 931 g/mol. The summed E-state index contributed by atoms with van der Waals surface area (Å²) < 4.78 is 16.6. The number of furan rings is 2. The molecule has 366 valence electrons. The number of fused-ring (bicyclic) bond motifs is 14. The molecule has 0 amide bonds. The average Bonchev–Trinajstić information content (AvgIpc) is 4.37. The molecule has 7 nitrogen and oxygen atoms in total. The van der Waals surface area contributed by atoms with Crippen LogP contribution in [-0.4, -0.2) is 25.6 Å². The van der Waals surface area contributed by atoms with Crippen LogP contribution in [0.1, 0.15) is 115 Å². The van der Waals surface area contributed by atoms with E-state index < -0.39 is 0 Å². The van der Waals surface area contributed by atoms with E-state index in [4.69, 9.17) is 23.8 Å². The van der Waals surface area contributed by atoms with Gasteiger partial charge in [-0.25, -0.2) is 15.0 Å². The standard InChI is InChI=1S/C69H53N5O2/c1-3-4-18-42(2)67-70-68(43-19-8-5-9-20-43)72-69(71-67)56-39-44(45-30-33-50-52-35-37-59-63(65(52)75-61(50)40-45)54-25-14-16-27-57(54)73(59)47-21-10-6-11-22-47)29-32-49(56)46-31-34-51-53-36-38-60-64(66(53)76-62(51)41-46)55-26-15-17-28-58(55)74(60)48-23-12-7-13-24-48/h3-4,6-7,10-13,15,17-19,21-29,31-32,34-41,49,56,59,63H,5,8-9,20,30,33H2,1-2H3/b4-3-,42-18+. The van der Waals surface area contributed by atoms with Crippen LogP contribution in [0.2, 0.25) is 0 Å². The number of rotatable bonds is 8. The van der Waals surface area contributed by atoms with E-state index in [9.17, 15) is 0 Å². The van der Waals surface area contributed by atoms with Gasteiger partial charge in [0.2, 0.25) is 0 Å². The zero-order chi connectivity index (χ0) is 50.4. The van der Waals surface area contributed by atoms with Gasteiger partial charge in [0.15, 0.2) is 11.6 Å². The Morgan fingerprint density at radius 2 is 1.55 bits per heavy atom. The van der Waals surface area contributed by atoms with Crippen LogP contribution in [0.4, 0.5) is 11.4 Å². The SMILES string of the molecule is C/C=C\C=C(/C)c1nc(C2=CCCCC2)nc(C2C=C(C3=Cc4oc5c(c4CC3)C=CC3C5c4cc#ccc4N3c3ccccc3)C=CC2c2ccc3c(c2)oc2c3ccc3c2c2ccccc2n3-c2ccccc2)n1. The average molecular weight is 984 g/mol. The van der Waals surface area contributed by atoms with E-state index in [2.05, 4.69) is 211 Å². The van der Waals surface area contributed by atoms with Gasteiger partial charge in [-0.2, -0.15) is 0 Å². The van der Waals surface area contributed by atoms with Gasteiger partial charge in [0.05, 0.1) is 34.1 Å². The van der Waals surface area contributed by atoms with Gasteiger partial charge in [0.25, 0.3) is 0 Å². The quantitative estimate of drug-likeness (QED) is 0.141. The van der Waals surface area contributed by atoms with Crippen LogP contribution >= 0.6 is 0 Å². The second-order valence-electron chi connectivity index (χ2n) is 20.9. The Kier molecular flexibility index (Phi) is 10.5. The van der Waals surface area contributed by atoms with Crippen molar-refractivity contribution in [3.05, 3.63) is 251 Å². The predicted molar refractivity (Wildman–Crippen MR) is 308 cm³/mol. The van der Waals surface area contributed by atoms with Crippen molar-refractivity contribution in [2.75, 3.05) is 4.90 Å². The van der Waals surface area contributed by atoms with E-state index in [1.54, 1.807) is 0 Å². The molecule has 4 aliphatic carbocycles. The predicted octanol–water partition coefficient (Wildman–Crippen LogP) is 17.1. The lowest BCUT2D eigenvalue weighted by Gasteiger charge is -2.29. The Morgan fingerprint density at radius 1 is 0.724 bits per heavy atom. The zero-order valence-electron chi connectivity index (χ0n) is 42.5. The van der Waals surface area contributed by atoms with E-state index in [1.165, 1.54) is 45.2 Å². The van der Waals surface area contributed by atoms with Crippen LogP contribution in [0.15, 0.2) is 196 Å². The summed E-state index contributed by atoms with van der Waals surface area (Å²) in [6.07, 6.45) is 28.7. The lowest BCUT2D eigenvalue weighted by molar-refractivity contribution is 0.466. The molecule has 5 aliphatic rings. The van der Waals surface area contributed by atoms with Gasteiger partial charge in [-0.1, -0.05) is 134 Å². The first-order valence-corrected chi connectivity index (χ1v) is 27.0. The summed E-state index contributed by atoms with van der Waals surface area (Å²) in [5.41, 5.74) is 17.0. The highest BCUT2D eigenvalue weighted by Crippen LogP contribution is 2.54. The molecule has 5 heterocycles. The first-order chi connectivity index (χ1) is 37.6. The molecule has 0 bridgehead atoms. The second-order valence-corrected chi connectivity index (χ2v) is 20.9. The maximum absolute atomic E-state index is 7.11. The lowest BCUT2D eigenvalue weighted by Crippen LogP contribution is -2.30. The summed E-state index contributed by atoms with van der Waals surface area (Å²) >= 11 is 0. The Balaban J connectivity index is 0.855. The number of hydrogen-bond acceptors (Lipinski definition) is 6. The summed E-state index contributed by atoms with van der Waals surface area (Å²) in [7, 11) is 0. The number of aromatic nitrogens is 4. The molecule has 6 aromatic carbocycles. The number of anilines is 2. The lowest BCUT2D eigenvalue weighted by atomic mass is 9.77. The summed E-state index contributed by atoms with van der Waals surface area (Å²) in [6, 6.07) is 52.0. The highest BCUT2D eigenvalue weighted by molar-refractivity contribution is 6.23. The van der Waals surface area contributed by atoms with Gasteiger partial charge in [0, 0.05) is 56.6 Å². The third-order valence-electron chi connectivity index (χ3n) is 16.6. The molecule has 4 unspecified atom stereocenters. The molecule has 0 radical (unpaired) electrons. The molecule has 4 atom stereocenters. The molecule has 76 heavy (non-hydrogen) atoms. The molecule has 0 fully saturated rings. The Morgan fingerprint density at radius 3 is 2.41 bits per heavy atom. The largest absolute Gasteiger partial charge is 0.460 e. The fourth-order valence-corrected chi connectivity index (χ4v) is 13.0. The molecule has 0 saturated carbocycles. The van der Waals surface area contributed by atoms with Crippen molar-refractivity contribution >= 4 is 78.4 Å². The van der Waals surface area contributed by atoms with Gasteiger partial charge < -0.3 is 18.3 Å². The van der Waals surface area contributed by atoms with E-state index >= 15 is 0 Å². The maximum atomic E-state index is 7.11. The third kappa shape index (κ3) is 7.08. The van der Waals surface area contributed by atoms with Crippen molar-refractivity contribution < 1.29 is 8.83 Å². The highest BCUT2D eigenvalue weighted by Gasteiger charge is 2.44. The number of nitrogens with zero attached hydrogens (tertiary/aromatic N) is 5. The third-order valence-corrected chi connectivity index (χ3v) is 16.6. The fourth-order valence-electron chi connectivity index (χ4n) is 13.0. The Labute approximate surface area is 442 Å². The van der Waals surface area contributed by atoms with Gasteiger partial charge in [-0.15, -0.1) is 0 Å². The van der Waals surface area contributed by atoms with Crippen LogP contribution in [0.25, 0.3) is 72.7 Å². The van der Waals surface area contributed by atoms with Crippen LogP contribution in [0.3, 0.4) is 0 Å². The van der Waals surface area contributed by atoms with Crippen molar-refractivity contribution in [3.8, 4) is 5.69 Å². The molecule has 0 spiro atoms. The van der Waals surface area contributed by atoms with Gasteiger partial charge in [0.1, 0.15) is 28.5 Å². The summed E-state index contributed by atoms with van der Waals surface area (Å²) in [4.78, 5) is 18.4. The normalized spacial score (nSPS) is 19.9. The molecule has 4 aromatic heterocycles. The van der Waals surface area contributed by atoms with E-state index in [1.807, 2.05) is 13.0 Å². The molecule has 15 rings (SSSR count). The first-order valence-electron chi connectivity index (χ1n) is 27.0. The number of hydrogen-bond donors (Lipinski definition) is 0. The van der Waals surface area contributed by atoms with Crippen molar-refractivity contribution in [3.63, 3.8) is 0 Å². The summed E-state index contributed by atoms with van der Waals surface area (Å²) in [5.74, 6) is 3.99. The molecule has 0 N–H and O–H groups in total. The maximum Gasteiger partial charge on any atom is 0.159 e. The van der Waals surface area contributed by atoms with Gasteiger partial charge >= 0.3 is 0 Å². The number of benzene rings is 5. The fraction of sp³-hybridized carbons (Fsp3) is 0.174. The topological polar surface area (TPSA) is 73.1 Å². The molecule has 1 aliphatic heterocycles.